The van der Waals surface area contributed by atoms with Crippen LogP contribution in [0.2, 0.25) is 0 Å². The van der Waals surface area contributed by atoms with Gasteiger partial charge in [-0.25, -0.2) is 0 Å². The van der Waals surface area contributed by atoms with Crippen molar-refractivity contribution in [2.24, 2.45) is 0 Å². The Balaban J connectivity index is 1.77. The van der Waals surface area contributed by atoms with E-state index in [2.05, 4.69) is 60.1 Å². The molecule has 3 heteroatoms. The van der Waals surface area contributed by atoms with Gasteiger partial charge < -0.3 is 10.1 Å². The normalized spacial score (nSPS) is 23.9. The average molecular weight is 301 g/mol. The Labute approximate surface area is 131 Å². The zero-order valence-corrected chi connectivity index (χ0v) is 13.3. The summed E-state index contributed by atoms with van der Waals surface area (Å²) in [5, 5.41) is 6.03. The van der Waals surface area contributed by atoms with E-state index in [1.165, 1.54) is 10.4 Å². The molecule has 0 aliphatic carbocycles. The number of thiophene rings is 1. The van der Waals surface area contributed by atoms with Crippen LogP contribution in [-0.4, -0.2) is 18.8 Å². The summed E-state index contributed by atoms with van der Waals surface area (Å²) in [6, 6.07) is 16.0. The van der Waals surface area contributed by atoms with Crippen molar-refractivity contribution in [1.29, 1.82) is 0 Å². The molecule has 2 nitrogen and oxygen atoms in total. The van der Waals surface area contributed by atoms with E-state index in [1.54, 1.807) is 0 Å². The van der Waals surface area contributed by atoms with E-state index >= 15 is 0 Å². The molecule has 1 fully saturated rings. The van der Waals surface area contributed by atoms with Crippen molar-refractivity contribution in [3.8, 4) is 0 Å². The van der Waals surface area contributed by atoms with E-state index in [0.29, 0.717) is 18.2 Å². The highest BCUT2D eigenvalue weighted by atomic mass is 32.1. The fourth-order valence-electron chi connectivity index (χ4n) is 3.00. The summed E-state index contributed by atoms with van der Waals surface area (Å²) in [6.45, 7) is 3.09. The van der Waals surface area contributed by atoms with Crippen molar-refractivity contribution >= 4 is 11.3 Å². The molecule has 3 atom stereocenters. The van der Waals surface area contributed by atoms with Crippen molar-refractivity contribution in [3.63, 3.8) is 0 Å². The number of hydrogen-bond donors (Lipinski definition) is 1. The van der Waals surface area contributed by atoms with Gasteiger partial charge in [-0.2, -0.15) is 0 Å². The van der Waals surface area contributed by atoms with Crippen molar-refractivity contribution in [3.05, 3.63) is 58.3 Å². The maximum Gasteiger partial charge on any atom is 0.0673 e. The van der Waals surface area contributed by atoms with Crippen molar-refractivity contribution in [1.82, 2.24) is 5.32 Å². The Kier molecular flexibility index (Phi) is 5.07. The van der Waals surface area contributed by atoms with Crippen molar-refractivity contribution in [2.75, 3.05) is 6.61 Å². The van der Waals surface area contributed by atoms with Crippen LogP contribution >= 0.6 is 11.3 Å². The van der Waals surface area contributed by atoms with Crippen molar-refractivity contribution in [2.45, 2.75) is 44.4 Å². The zero-order valence-electron chi connectivity index (χ0n) is 12.5. The minimum absolute atomic E-state index is 0.298. The fourth-order valence-corrected chi connectivity index (χ4v) is 3.81. The van der Waals surface area contributed by atoms with E-state index < -0.39 is 0 Å². The monoisotopic (exact) mass is 301 g/mol. The third kappa shape index (κ3) is 3.73. The van der Waals surface area contributed by atoms with Gasteiger partial charge in [0.15, 0.2) is 0 Å². The van der Waals surface area contributed by atoms with Gasteiger partial charge in [0.2, 0.25) is 0 Å². The SMILES string of the molecule is CCC1CC(NC(c2ccccc2)c2cccs2)CCO1. The van der Waals surface area contributed by atoms with Gasteiger partial charge >= 0.3 is 0 Å². The van der Waals surface area contributed by atoms with Gasteiger partial charge in [0.25, 0.3) is 0 Å². The second-order valence-corrected chi connectivity index (χ2v) is 6.63. The van der Waals surface area contributed by atoms with Crippen LogP contribution in [0.25, 0.3) is 0 Å². The molecule has 0 bridgehead atoms. The highest BCUT2D eigenvalue weighted by molar-refractivity contribution is 7.10. The molecule has 1 aliphatic heterocycles. The molecule has 1 N–H and O–H groups in total. The lowest BCUT2D eigenvalue weighted by Gasteiger charge is -2.32. The van der Waals surface area contributed by atoms with E-state index in [1.807, 2.05) is 11.3 Å². The van der Waals surface area contributed by atoms with Gasteiger partial charge in [-0.1, -0.05) is 43.3 Å². The lowest BCUT2D eigenvalue weighted by atomic mass is 9.98. The maximum absolute atomic E-state index is 5.80. The fraction of sp³-hybridized carbons (Fsp3) is 0.444. The maximum atomic E-state index is 5.80. The largest absolute Gasteiger partial charge is 0.378 e. The number of hydrogen-bond acceptors (Lipinski definition) is 3. The Bertz CT molecular complexity index is 525. The lowest BCUT2D eigenvalue weighted by molar-refractivity contribution is -0.00122. The summed E-state index contributed by atoms with van der Waals surface area (Å²) in [5.41, 5.74) is 1.35. The zero-order chi connectivity index (χ0) is 14.5. The first-order valence-corrected chi connectivity index (χ1v) is 8.70. The van der Waals surface area contributed by atoms with E-state index in [-0.39, 0.29) is 0 Å². The molecular weight excluding hydrogens is 278 g/mol. The van der Waals surface area contributed by atoms with Gasteiger partial charge in [-0.05, 0) is 36.3 Å². The van der Waals surface area contributed by atoms with Gasteiger partial charge in [-0.15, -0.1) is 11.3 Å². The quantitative estimate of drug-likeness (QED) is 0.884. The number of nitrogens with one attached hydrogen (secondary N) is 1. The number of benzene rings is 1. The summed E-state index contributed by atoms with van der Waals surface area (Å²) in [6.07, 6.45) is 3.74. The second-order valence-electron chi connectivity index (χ2n) is 5.65. The smallest absolute Gasteiger partial charge is 0.0673 e. The summed E-state index contributed by atoms with van der Waals surface area (Å²) < 4.78 is 5.80. The second kappa shape index (κ2) is 7.21. The Morgan fingerprint density at radius 2 is 2.10 bits per heavy atom. The van der Waals surface area contributed by atoms with E-state index in [4.69, 9.17) is 4.74 Å². The molecule has 0 saturated carbocycles. The van der Waals surface area contributed by atoms with E-state index in [0.717, 1.165) is 25.9 Å². The molecule has 1 saturated heterocycles. The molecule has 2 aromatic rings. The Morgan fingerprint density at radius 3 is 2.81 bits per heavy atom. The predicted molar refractivity (Wildman–Crippen MR) is 88.8 cm³/mol. The molecule has 1 aliphatic rings. The minimum atomic E-state index is 0.298. The minimum Gasteiger partial charge on any atom is -0.378 e. The number of rotatable bonds is 5. The van der Waals surface area contributed by atoms with Gasteiger partial charge in [0.1, 0.15) is 0 Å². The van der Waals surface area contributed by atoms with Crippen LogP contribution < -0.4 is 5.32 Å². The van der Waals surface area contributed by atoms with Crippen LogP contribution in [0.4, 0.5) is 0 Å². The topological polar surface area (TPSA) is 21.3 Å². The molecule has 112 valence electrons. The lowest BCUT2D eigenvalue weighted by Crippen LogP contribution is -2.40. The van der Waals surface area contributed by atoms with Crippen LogP contribution in [0.1, 0.15) is 42.7 Å². The van der Waals surface area contributed by atoms with Crippen LogP contribution in [0.5, 0.6) is 0 Å². The molecule has 1 aromatic heterocycles. The standard InChI is InChI=1S/C18H23NOS/c1-2-16-13-15(10-11-20-16)19-18(17-9-6-12-21-17)14-7-4-3-5-8-14/h3-9,12,15-16,18-19H,2,10-11,13H2,1H3. The average Bonchev–Trinajstić information content (AvgIpc) is 3.08. The molecular formula is C18H23NOS. The predicted octanol–water partition coefficient (Wildman–Crippen LogP) is 4.38. The molecule has 0 spiro atoms. The van der Waals surface area contributed by atoms with Crippen molar-refractivity contribution < 1.29 is 4.74 Å². The third-order valence-electron chi connectivity index (χ3n) is 4.19. The molecule has 21 heavy (non-hydrogen) atoms. The van der Waals surface area contributed by atoms with Crippen LogP contribution in [0.3, 0.4) is 0 Å². The van der Waals surface area contributed by atoms with Gasteiger partial charge in [-0.3, -0.25) is 0 Å². The van der Waals surface area contributed by atoms with Gasteiger partial charge in [0.05, 0.1) is 12.1 Å². The van der Waals surface area contributed by atoms with Crippen LogP contribution in [-0.2, 0) is 4.74 Å². The number of ether oxygens (including phenoxy) is 1. The molecule has 0 radical (unpaired) electrons. The van der Waals surface area contributed by atoms with Crippen LogP contribution in [0.15, 0.2) is 47.8 Å². The summed E-state index contributed by atoms with van der Waals surface area (Å²) in [5.74, 6) is 0. The molecule has 3 rings (SSSR count). The Hall–Kier alpha value is -1.16. The molecule has 2 heterocycles. The van der Waals surface area contributed by atoms with Crippen LogP contribution in [0, 0.1) is 0 Å². The third-order valence-corrected chi connectivity index (χ3v) is 5.12. The van der Waals surface area contributed by atoms with E-state index in [9.17, 15) is 0 Å². The first-order chi connectivity index (χ1) is 10.4. The summed E-state index contributed by atoms with van der Waals surface area (Å²) in [7, 11) is 0. The summed E-state index contributed by atoms with van der Waals surface area (Å²) >= 11 is 1.83. The first kappa shape index (κ1) is 14.8. The first-order valence-electron chi connectivity index (χ1n) is 7.83. The Morgan fingerprint density at radius 1 is 1.24 bits per heavy atom. The highest BCUT2D eigenvalue weighted by Crippen LogP contribution is 2.28. The molecule has 1 aromatic carbocycles. The van der Waals surface area contributed by atoms with Gasteiger partial charge in [0, 0.05) is 17.5 Å². The molecule has 3 unspecified atom stereocenters. The highest BCUT2D eigenvalue weighted by Gasteiger charge is 2.25. The molecule has 0 amide bonds. The summed E-state index contributed by atoms with van der Waals surface area (Å²) in [4.78, 5) is 1.39.